The maximum atomic E-state index is 12.7. The number of aliphatic hydroxyl groups is 2. The fourth-order valence-electron chi connectivity index (χ4n) is 2.75. The number of aliphatic hydroxyl groups excluding tert-OH is 2. The van der Waals surface area contributed by atoms with Gasteiger partial charge in [-0.25, -0.2) is 0 Å². The number of ketones is 1. The fourth-order valence-corrected chi connectivity index (χ4v) is 3.11. The van der Waals surface area contributed by atoms with Crippen LogP contribution in [0.4, 0.5) is 0 Å². The third-order valence-corrected chi connectivity index (χ3v) is 4.54. The SMILES string of the molecule is O=C1c2cc(Br)ccc2OC(C2CC2)C1(CO)CO. The molecule has 102 valence electrons. The zero-order valence-electron chi connectivity index (χ0n) is 10.3. The standard InChI is InChI=1S/C14H15BrO4/c15-9-3-4-11-10(5-9)12(18)14(6-16,7-17)13(19-11)8-1-2-8/h3-5,8,13,16-17H,1-2,6-7H2. The van der Waals surface area contributed by atoms with Gasteiger partial charge in [-0.2, -0.15) is 0 Å². The van der Waals surface area contributed by atoms with Crippen molar-refractivity contribution in [2.24, 2.45) is 11.3 Å². The lowest BCUT2D eigenvalue weighted by Crippen LogP contribution is -2.55. The van der Waals surface area contributed by atoms with Crippen LogP contribution in [0.15, 0.2) is 22.7 Å². The van der Waals surface area contributed by atoms with Crippen molar-refractivity contribution in [1.82, 2.24) is 0 Å². The van der Waals surface area contributed by atoms with E-state index < -0.39 is 24.7 Å². The molecule has 1 heterocycles. The normalized spacial score (nSPS) is 24.8. The van der Waals surface area contributed by atoms with Crippen molar-refractivity contribution < 1.29 is 19.7 Å². The molecular formula is C14H15BrO4. The molecule has 0 bridgehead atoms. The molecule has 2 N–H and O–H groups in total. The highest BCUT2D eigenvalue weighted by Crippen LogP contribution is 2.48. The maximum absolute atomic E-state index is 12.7. The van der Waals surface area contributed by atoms with Crippen LogP contribution in [0, 0.1) is 11.3 Å². The molecule has 1 aromatic carbocycles. The Bertz CT molecular complexity index is 520. The molecule has 1 aliphatic carbocycles. The van der Waals surface area contributed by atoms with E-state index in [1.165, 1.54) is 0 Å². The van der Waals surface area contributed by atoms with Gasteiger partial charge in [0.05, 0.1) is 18.8 Å². The quantitative estimate of drug-likeness (QED) is 0.888. The first-order valence-corrected chi connectivity index (χ1v) is 7.14. The average Bonchev–Trinajstić information content (AvgIpc) is 3.24. The van der Waals surface area contributed by atoms with Gasteiger partial charge in [0.15, 0.2) is 5.78 Å². The second-order valence-corrected chi connectivity index (χ2v) is 6.23. The van der Waals surface area contributed by atoms with Crippen molar-refractivity contribution in [3.8, 4) is 5.75 Å². The van der Waals surface area contributed by atoms with Crippen LogP contribution >= 0.6 is 15.9 Å². The Balaban J connectivity index is 2.11. The minimum atomic E-state index is -1.21. The summed E-state index contributed by atoms with van der Waals surface area (Å²) in [6, 6.07) is 5.26. The first-order chi connectivity index (χ1) is 9.12. The van der Waals surface area contributed by atoms with Crippen molar-refractivity contribution in [3.63, 3.8) is 0 Å². The Morgan fingerprint density at radius 2 is 2.00 bits per heavy atom. The van der Waals surface area contributed by atoms with Gasteiger partial charge in [0.25, 0.3) is 0 Å². The molecule has 0 aromatic heterocycles. The van der Waals surface area contributed by atoms with Crippen molar-refractivity contribution >= 4 is 21.7 Å². The number of Topliss-reactive ketones (excluding diaryl/α,β-unsaturated/α-hetero) is 1. The average molecular weight is 327 g/mol. The number of hydrogen-bond acceptors (Lipinski definition) is 4. The van der Waals surface area contributed by atoms with Gasteiger partial charge in [-0.15, -0.1) is 0 Å². The number of benzene rings is 1. The van der Waals surface area contributed by atoms with Gasteiger partial charge in [-0.1, -0.05) is 15.9 Å². The Labute approximate surface area is 119 Å². The summed E-state index contributed by atoms with van der Waals surface area (Å²) in [5.41, 5.74) is -0.788. The first-order valence-electron chi connectivity index (χ1n) is 6.35. The number of hydrogen-bond donors (Lipinski definition) is 2. The van der Waals surface area contributed by atoms with Crippen LogP contribution < -0.4 is 4.74 Å². The Morgan fingerprint density at radius 1 is 1.32 bits per heavy atom. The summed E-state index contributed by atoms with van der Waals surface area (Å²) in [5.74, 6) is 0.569. The highest BCUT2D eigenvalue weighted by molar-refractivity contribution is 9.10. The van der Waals surface area contributed by atoms with E-state index in [4.69, 9.17) is 4.74 Å². The van der Waals surface area contributed by atoms with Crippen LogP contribution in [0.25, 0.3) is 0 Å². The van der Waals surface area contributed by atoms with Gasteiger partial charge in [0, 0.05) is 4.47 Å². The second kappa shape index (κ2) is 4.58. The monoisotopic (exact) mass is 326 g/mol. The molecular weight excluding hydrogens is 312 g/mol. The molecule has 2 aliphatic rings. The molecule has 1 atom stereocenters. The minimum absolute atomic E-state index is 0.225. The zero-order chi connectivity index (χ0) is 13.6. The van der Waals surface area contributed by atoms with Gasteiger partial charge in [0.1, 0.15) is 17.3 Å². The van der Waals surface area contributed by atoms with E-state index in [9.17, 15) is 15.0 Å². The van der Waals surface area contributed by atoms with E-state index in [0.29, 0.717) is 11.3 Å². The summed E-state index contributed by atoms with van der Waals surface area (Å²) >= 11 is 3.32. The van der Waals surface area contributed by atoms with Crippen molar-refractivity contribution in [2.45, 2.75) is 18.9 Å². The maximum Gasteiger partial charge on any atom is 0.181 e. The van der Waals surface area contributed by atoms with Gasteiger partial charge < -0.3 is 14.9 Å². The van der Waals surface area contributed by atoms with Crippen LogP contribution in [0.3, 0.4) is 0 Å². The second-order valence-electron chi connectivity index (χ2n) is 5.32. The first kappa shape index (κ1) is 13.1. The highest BCUT2D eigenvalue weighted by atomic mass is 79.9. The summed E-state index contributed by atoms with van der Waals surface area (Å²) in [6.07, 6.45) is 1.53. The number of halogens is 1. The van der Waals surface area contributed by atoms with E-state index >= 15 is 0 Å². The molecule has 1 unspecified atom stereocenters. The largest absolute Gasteiger partial charge is 0.488 e. The van der Waals surface area contributed by atoms with E-state index in [0.717, 1.165) is 17.3 Å². The summed E-state index contributed by atoms with van der Waals surface area (Å²) in [6.45, 7) is -0.787. The Hall–Kier alpha value is -0.910. The van der Waals surface area contributed by atoms with Crippen molar-refractivity contribution in [3.05, 3.63) is 28.2 Å². The topological polar surface area (TPSA) is 66.8 Å². The summed E-state index contributed by atoms with van der Waals surface area (Å²) in [5, 5.41) is 19.4. The predicted molar refractivity (Wildman–Crippen MR) is 72.2 cm³/mol. The molecule has 19 heavy (non-hydrogen) atoms. The molecule has 5 heteroatoms. The van der Waals surface area contributed by atoms with Crippen LogP contribution in [0.1, 0.15) is 23.2 Å². The molecule has 0 saturated heterocycles. The zero-order valence-corrected chi connectivity index (χ0v) is 11.9. The number of carbonyl (C=O) groups excluding carboxylic acids is 1. The third kappa shape index (κ3) is 1.91. The molecule has 1 aliphatic heterocycles. The van der Waals surface area contributed by atoms with E-state index in [1.807, 2.05) is 6.07 Å². The molecule has 0 spiro atoms. The van der Waals surface area contributed by atoms with Gasteiger partial charge in [0.2, 0.25) is 0 Å². The van der Waals surface area contributed by atoms with E-state index in [2.05, 4.69) is 15.9 Å². The molecule has 4 nitrogen and oxygen atoms in total. The van der Waals surface area contributed by atoms with E-state index in [1.54, 1.807) is 12.1 Å². The fraction of sp³-hybridized carbons (Fsp3) is 0.500. The number of ether oxygens (including phenoxy) is 1. The van der Waals surface area contributed by atoms with Crippen molar-refractivity contribution in [2.75, 3.05) is 13.2 Å². The highest BCUT2D eigenvalue weighted by Gasteiger charge is 2.56. The van der Waals surface area contributed by atoms with Crippen LogP contribution in [-0.2, 0) is 0 Å². The number of carbonyl (C=O) groups is 1. The van der Waals surface area contributed by atoms with Crippen LogP contribution in [-0.4, -0.2) is 35.3 Å². The van der Waals surface area contributed by atoms with Gasteiger partial charge >= 0.3 is 0 Å². The lowest BCUT2D eigenvalue weighted by molar-refractivity contribution is -0.0389. The van der Waals surface area contributed by atoms with Crippen molar-refractivity contribution in [1.29, 1.82) is 0 Å². The van der Waals surface area contributed by atoms with E-state index in [-0.39, 0.29) is 11.7 Å². The summed E-state index contributed by atoms with van der Waals surface area (Å²) < 4.78 is 6.69. The molecule has 0 radical (unpaired) electrons. The third-order valence-electron chi connectivity index (χ3n) is 4.05. The molecule has 1 aromatic rings. The molecule has 3 rings (SSSR count). The summed E-state index contributed by atoms with van der Waals surface area (Å²) in [7, 11) is 0. The predicted octanol–water partition coefficient (Wildman–Crippen LogP) is 1.77. The minimum Gasteiger partial charge on any atom is -0.488 e. The van der Waals surface area contributed by atoms with Gasteiger partial charge in [-0.05, 0) is 37.0 Å². The Morgan fingerprint density at radius 3 is 2.58 bits per heavy atom. The lowest BCUT2D eigenvalue weighted by atomic mass is 9.73. The van der Waals surface area contributed by atoms with Crippen LogP contribution in [0.5, 0.6) is 5.75 Å². The molecule has 1 saturated carbocycles. The van der Waals surface area contributed by atoms with Gasteiger partial charge in [-0.3, -0.25) is 4.79 Å². The smallest absolute Gasteiger partial charge is 0.181 e. The lowest BCUT2D eigenvalue weighted by Gasteiger charge is -2.41. The molecule has 1 fully saturated rings. The number of fused-ring (bicyclic) bond motifs is 1. The number of rotatable bonds is 3. The Kier molecular flexibility index (Phi) is 3.15. The summed E-state index contributed by atoms with van der Waals surface area (Å²) in [4.78, 5) is 12.7. The van der Waals surface area contributed by atoms with Crippen LogP contribution in [0.2, 0.25) is 0 Å². The molecule has 0 amide bonds.